The van der Waals surface area contributed by atoms with Crippen molar-refractivity contribution in [1.82, 2.24) is 4.98 Å². The van der Waals surface area contributed by atoms with Gasteiger partial charge in [-0.3, -0.25) is 4.98 Å². The quantitative estimate of drug-likeness (QED) is 0.826. The van der Waals surface area contributed by atoms with Gasteiger partial charge in [0, 0.05) is 17.6 Å². The van der Waals surface area contributed by atoms with Gasteiger partial charge in [0.1, 0.15) is 4.99 Å². The SMILES string of the molecule is CC(CC1CC1)Nc1c(C(N)=S)cnc2ccccc12. The van der Waals surface area contributed by atoms with Gasteiger partial charge in [0.25, 0.3) is 0 Å². The lowest BCUT2D eigenvalue weighted by molar-refractivity contribution is 0.642. The molecule has 1 aliphatic carbocycles. The molecule has 3 rings (SSSR count). The van der Waals surface area contributed by atoms with Crippen molar-refractivity contribution in [3.63, 3.8) is 0 Å². The first-order chi connectivity index (χ1) is 9.65. The van der Waals surface area contributed by atoms with Crippen molar-refractivity contribution in [2.24, 2.45) is 11.7 Å². The standard InChI is InChI=1S/C16H19N3S/c1-10(8-11-6-7-11)19-15-12-4-2-3-5-14(12)18-9-13(15)16(17)20/h2-5,9-11H,6-8H2,1H3,(H2,17,20)(H,18,19). The first kappa shape index (κ1) is 13.3. The molecule has 0 saturated heterocycles. The Balaban J connectivity index is 1.99. The number of nitrogens with zero attached hydrogens (tertiary/aromatic N) is 1. The Labute approximate surface area is 124 Å². The molecule has 1 unspecified atom stereocenters. The normalized spacial score (nSPS) is 16.1. The zero-order chi connectivity index (χ0) is 14.1. The van der Waals surface area contributed by atoms with E-state index < -0.39 is 0 Å². The molecule has 0 aliphatic heterocycles. The lowest BCUT2D eigenvalue weighted by Crippen LogP contribution is -2.20. The number of nitrogens with two attached hydrogens (primary N) is 1. The van der Waals surface area contributed by atoms with E-state index in [2.05, 4.69) is 23.3 Å². The monoisotopic (exact) mass is 285 g/mol. The first-order valence-corrected chi connectivity index (χ1v) is 7.50. The number of pyridine rings is 1. The van der Waals surface area contributed by atoms with Crippen LogP contribution in [0.25, 0.3) is 10.9 Å². The fourth-order valence-electron chi connectivity index (χ4n) is 2.64. The summed E-state index contributed by atoms with van der Waals surface area (Å²) in [7, 11) is 0. The molecule has 1 aliphatic rings. The molecule has 1 atom stereocenters. The van der Waals surface area contributed by atoms with Crippen molar-refractivity contribution >= 4 is 33.8 Å². The zero-order valence-corrected chi connectivity index (χ0v) is 12.4. The van der Waals surface area contributed by atoms with Gasteiger partial charge in [-0.25, -0.2) is 0 Å². The topological polar surface area (TPSA) is 50.9 Å². The number of rotatable bonds is 5. The van der Waals surface area contributed by atoms with E-state index in [0.29, 0.717) is 11.0 Å². The summed E-state index contributed by atoms with van der Waals surface area (Å²) in [5, 5.41) is 4.68. The summed E-state index contributed by atoms with van der Waals surface area (Å²) in [6.07, 6.45) is 5.71. The summed E-state index contributed by atoms with van der Waals surface area (Å²) in [5.41, 5.74) is 8.67. The second-order valence-corrected chi connectivity index (χ2v) is 6.09. The molecule has 1 fully saturated rings. The molecule has 4 heteroatoms. The van der Waals surface area contributed by atoms with Gasteiger partial charge >= 0.3 is 0 Å². The van der Waals surface area contributed by atoms with Crippen LogP contribution in [0.3, 0.4) is 0 Å². The maximum atomic E-state index is 5.85. The van der Waals surface area contributed by atoms with Gasteiger partial charge in [-0.2, -0.15) is 0 Å². The number of benzene rings is 1. The molecule has 2 aromatic rings. The summed E-state index contributed by atoms with van der Waals surface area (Å²) in [4.78, 5) is 4.83. The maximum absolute atomic E-state index is 5.85. The van der Waals surface area contributed by atoms with Gasteiger partial charge in [0.05, 0.1) is 16.8 Å². The van der Waals surface area contributed by atoms with Crippen LogP contribution in [0, 0.1) is 5.92 Å². The lowest BCUT2D eigenvalue weighted by atomic mass is 10.1. The Morgan fingerprint density at radius 3 is 2.90 bits per heavy atom. The summed E-state index contributed by atoms with van der Waals surface area (Å²) in [5.74, 6) is 0.888. The fraction of sp³-hybridized carbons (Fsp3) is 0.375. The van der Waals surface area contributed by atoms with Crippen LogP contribution in [0.1, 0.15) is 31.7 Å². The summed E-state index contributed by atoms with van der Waals surface area (Å²) in [6.45, 7) is 2.22. The predicted octanol–water partition coefficient (Wildman–Crippen LogP) is 3.47. The van der Waals surface area contributed by atoms with E-state index in [0.717, 1.165) is 28.1 Å². The molecule has 104 valence electrons. The third-order valence-electron chi connectivity index (χ3n) is 3.82. The van der Waals surface area contributed by atoms with E-state index in [1.54, 1.807) is 6.20 Å². The van der Waals surface area contributed by atoms with Crippen LogP contribution in [-0.4, -0.2) is 16.0 Å². The average molecular weight is 285 g/mol. The molecule has 3 N–H and O–H groups in total. The minimum Gasteiger partial charge on any atom is -0.389 e. The number of anilines is 1. The van der Waals surface area contributed by atoms with Gasteiger partial charge in [0.2, 0.25) is 0 Å². The Kier molecular flexibility index (Phi) is 3.57. The molecule has 1 heterocycles. The number of para-hydroxylation sites is 1. The van der Waals surface area contributed by atoms with Gasteiger partial charge < -0.3 is 11.1 Å². The maximum Gasteiger partial charge on any atom is 0.107 e. The molecule has 0 radical (unpaired) electrons. The van der Waals surface area contributed by atoms with Gasteiger partial charge in [-0.05, 0) is 25.3 Å². The molecular formula is C16H19N3S. The van der Waals surface area contributed by atoms with E-state index in [4.69, 9.17) is 18.0 Å². The van der Waals surface area contributed by atoms with Crippen molar-refractivity contribution in [3.8, 4) is 0 Å². The second-order valence-electron chi connectivity index (χ2n) is 5.65. The number of hydrogen-bond acceptors (Lipinski definition) is 3. The van der Waals surface area contributed by atoms with Gasteiger partial charge in [-0.15, -0.1) is 0 Å². The molecule has 0 bridgehead atoms. The average Bonchev–Trinajstić information content (AvgIpc) is 3.22. The summed E-state index contributed by atoms with van der Waals surface area (Å²) < 4.78 is 0. The molecule has 0 amide bonds. The number of hydrogen-bond donors (Lipinski definition) is 2. The number of thiocarbonyl (C=S) groups is 1. The van der Waals surface area contributed by atoms with Crippen molar-refractivity contribution in [1.29, 1.82) is 0 Å². The smallest absolute Gasteiger partial charge is 0.107 e. The highest BCUT2D eigenvalue weighted by atomic mass is 32.1. The number of aromatic nitrogens is 1. The molecule has 3 nitrogen and oxygen atoms in total. The largest absolute Gasteiger partial charge is 0.389 e. The highest BCUT2D eigenvalue weighted by Gasteiger charge is 2.24. The van der Waals surface area contributed by atoms with E-state index in [1.165, 1.54) is 19.3 Å². The Morgan fingerprint density at radius 1 is 1.45 bits per heavy atom. The summed E-state index contributed by atoms with van der Waals surface area (Å²) in [6, 6.07) is 8.50. The van der Waals surface area contributed by atoms with Crippen LogP contribution in [-0.2, 0) is 0 Å². The fourth-order valence-corrected chi connectivity index (χ4v) is 2.80. The van der Waals surface area contributed by atoms with Crippen LogP contribution in [0.5, 0.6) is 0 Å². The molecule has 1 aromatic heterocycles. The van der Waals surface area contributed by atoms with Crippen LogP contribution in [0.15, 0.2) is 30.5 Å². The predicted molar refractivity (Wildman–Crippen MR) is 88.1 cm³/mol. The molecular weight excluding hydrogens is 266 g/mol. The number of nitrogens with one attached hydrogen (secondary N) is 1. The third kappa shape index (κ3) is 2.75. The van der Waals surface area contributed by atoms with E-state index in [9.17, 15) is 0 Å². The van der Waals surface area contributed by atoms with Crippen molar-refractivity contribution < 1.29 is 0 Å². The lowest BCUT2D eigenvalue weighted by Gasteiger charge is -2.19. The van der Waals surface area contributed by atoms with E-state index in [1.807, 2.05) is 18.2 Å². The van der Waals surface area contributed by atoms with E-state index >= 15 is 0 Å². The number of fused-ring (bicyclic) bond motifs is 1. The first-order valence-electron chi connectivity index (χ1n) is 7.09. The van der Waals surface area contributed by atoms with Gasteiger partial charge in [0.15, 0.2) is 0 Å². The highest BCUT2D eigenvalue weighted by Crippen LogP contribution is 2.35. The second kappa shape index (κ2) is 5.37. The highest BCUT2D eigenvalue weighted by molar-refractivity contribution is 7.80. The van der Waals surface area contributed by atoms with Crippen LogP contribution < -0.4 is 11.1 Å². The van der Waals surface area contributed by atoms with Crippen LogP contribution in [0.2, 0.25) is 0 Å². The van der Waals surface area contributed by atoms with Gasteiger partial charge in [-0.1, -0.05) is 43.3 Å². The molecule has 0 spiro atoms. The molecule has 1 saturated carbocycles. The Morgan fingerprint density at radius 2 is 2.20 bits per heavy atom. The van der Waals surface area contributed by atoms with Crippen molar-refractivity contribution in [3.05, 3.63) is 36.0 Å². The Hall–Kier alpha value is -1.68. The zero-order valence-electron chi connectivity index (χ0n) is 11.6. The van der Waals surface area contributed by atoms with Crippen molar-refractivity contribution in [2.45, 2.75) is 32.2 Å². The molecule has 20 heavy (non-hydrogen) atoms. The minimum absolute atomic E-state index is 0.393. The van der Waals surface area contributed by atoms with E-state index in [-0.39, 0.29) is 0 Å². The summed E-state index contributed by atoms with van der Waals surface area (Å²) >= 11 is 5.16. The third-order valence-corrected chi connectivity index (χ3v) is 4.04. The van der Waals surface area contributed by atoms with Crippen molar-refractivity contribution in [2.75, 3.05) is 5.32 Å². The minimum atomic E-state index is 0.393. The van der Waals surface area contributed by atoms with Crippen LogP contribution >= 0.6 is 12.2 Å². The molecule has 1 aromatic carbocycles. The van der Waals surface area contributed by atoms with Crippen LogP contribution in [0.4, 0.5) is 5.69 Å². The Bertz CT molecular complexity index is 649.